The van der Waals surface area contributed by atoms with Gasteiger partial charge < -0.3 is 0 Å². The van der Waals surface area contributed by atoms with Crippen LogP contribution in [-0.4, -0.2) is 0 Å². The largest absolute Gasteiger partial charge is 0.0683 e. The first-order chi connectivity index (χ1) is 7.76. The van der Waals surface area contributed by atoms with Crippen molar-refractivity contribution in [2.75, 3.05) is 0 Å². The molecule has 0 saturated heterocycles. The zero-order chi connectivity index (χ0) is 12.1. The molecule has 2 rings (SSSR count). The molecule has 1 heteroatoms. The first kappa shape index (κ1) is 14.1. The van der Waals surface area contributed by atoms with E-state index in [9.17, 15) is 0 Å². The maximum absolute atomic E-state index is 3.88. The molecule has 0 unspecified atom stereocenters. The van der Waals surface area contributed by atoms with Crippen molar-refractivity contribution in [2.45, 2.75) is 20.8 Å². The molecule has 1 aliphatic heterocycles. The Morgan fingerprint density at radius 3 is 2.38 bits per heavy atom. The standard InChI is InChI=1S/C13H12Xe.C2H6/c1-4-10-11-8-9(3)6-7-13(11)14-12(10)5-2;1-2/h4-8H,1-2H2,3H3;1-2H3. The van der Waals surface area contributed by atoms with Gasteiger partial charge in [0.25, 0.3) is 0 Å². The number of aryl methyl sites for hydroxylation is 1. The van der Waals surface area contributed by atoms with Crippen LogP contribution < -0.4 is 0.0314 Å². The molecule has 16 heavy (non-hydrogen) atoms. The second-order valence-corrected chi connectivity index (χ2v) is 5.89. The Bertz CT molecular complexity index is 439. The van der Waals surface area contributed by atoms with Gasteiger partial charge >= 0.3 is 111 Å². The van der Waals surface area contributed by atoms with Crippen molar-refractivity contribution in [1.29, 1.82) is 0 Å². The smallest absolute Gasteiger partial charge is 0.0683 e. The molecule has 0 N–H and O–H groups in total. The van der Waals surface area contributed by atoms with E-state index in [2.05, 4.69) is 38.3 Å². The third kappa shape index (κ3) is 2.82. The summed E-state index contributed by atoms with van der Waals surface area (Å²) in [5.41, 5.74) is 3.97. The molecule has 86 valence electrons. The number of hydrogen-bond donors (Lipinski definition) is 0. The number of rotatable bonds is 2. The van der Waals surface area contributed by atoms with Crippen LogP contribution >= 0.6 is 0 Å². The Hall–Kier alpha value is 0.0114. The Morgan fingerprint density at radius 2 is 1.81 bits per heavy atom. The van der Waals surface area contributed by atoms with Gasteiger partial charge in [-0.25, -0.2) is 0 Å². The van der Waals surface area contributed by atoms with Crippen LogP contribution in [0.1, 0.15) is 25.0 Å². The topological polar surface area (TPSA) is 0 Å². The van der Waals surface area contributed by atoms with Crippen molar-refractivity contribution in [3.63, 3.8) is 0 Å². The molecule has 0 aliphatic carbocycles. The molecule has 0 radical (unpaired) electrons. The predicted molar refractivity (Wildman–Crippen MR) is 69.5 cm³/mol. The predicted octanol–water partition coefficient (Wildman–Crippen LogP) is 3.83. The van der Waals surface area contributed by atoms with Crippen LogP contribution in [0.5, 0.6) is 0 Å². The van der Waals surface area contributed by atoms with Crippen LogP contribution in [0.2, 0.25) is 0 Å². The maximum atomic E-state index is 3.88. The number of hydrogen-bond acceptors (Lipinski definition) is 0. The normalized spacial score (nSPS) is 13.2. The van der Waals surface area contributed by atoms with Gasteiger partial charge in [-0.2, -0.15) is 0 Å². The van der Waals surface area contributed by atoms with Gasteiger partial charge in [-0.1, -0.05) is 13.8 Å². The summed E-state index contributed by atoms with van der Waals surface area (Å²) in [5, 5.41) is 0. The number of allylic oxidation sites excluding steroid dienone is 4. The first-order valence-corrected chi connectivity index (χ1v) is 7.50. The van der Waals surface area contributed by atoms with Crippen molar-refractivity contribution < 1.29 is 44.2 Å². The molecule has 0 amide bonds. The van der Waals surface area contributed by atoms with E-state index in [1.54, 1.807) is 0 Å². The summed E-state index contributed by atoms with van der Waals surface area (Å²) in [5.74, 6) is 0. The minimum Gasteiger partial charge on any atom is -0.0683 e. The zero-order valence-electron chi connectivity index (χ0n) is 10.2. The van der Waals surface area contributed by atoms with Crippen LogP contribution in [0, 0.1) is 51.1 Å². The van der Waals surface area contributed by atoms with Crippen LogP contribution in [0.15, 0.2) is 43.6 Å². The van der Waals surface area contributed by atoms with Crippen molar-refractivity contribution in [1.82, 2.24) is 0 Å². The first-order valence-electron chi connectivity index (χ1n) is 5.49. The molecule has 1 aromatic carbocycles. The van der Waals surface area contributed by atoms with Crippen molar-refractivity contribution in [2.24, 2.45) is 0 Å². The Morgan fingerprint density at radius 1 is 1.12 bits per heavy atom. The summed E-state index contributed by atoms with van der Waals surface area (Å²) in [7, 11) is 0. The summed E-state index contributed by atoms with van der Waals surface area (Å²) >= 11 is 0.172. The van der Waals surface area contributed by atoms with E-state index in [0.29, 0.717) is 0 Å². The fourth-order valence-electron chi connectivity index (χ4n) is 1.54. The minimum atomic E-state index is 0.172. The summed E-state index contributed by atoms with van der Waals surface area (Å²) in [4.78, 5) is 0. The fourth-order valence-corrected chi connectivity index (χ4v) is 4.11. The number of fused-ring (bicyclic) bond motifs is 1. The van der Waals surface area contributed by atoms with E-state index in [-0.39, 0.29) is 44.2 Å². The molecule has 0 aromatic heterocycles. The van der Waals surface area contributed by atoms with Gasteiger partial charge in [-0.15, -0.1) is 0 Å². The second-order valence-electron chi connectivity index (χ2n) is 3.22. The summed E-state index contributed by atoms with van der Waals surface area (Å²) in [6.07, 6.45) is 3.93. The van der Waals surface area contributed by atoms with E-state index >= 15 is 0 Å². The van der Waals surface area contributed by atoms with Gasteiger partial charge in [0, 0.05) is 0 Å². The average Bonchev–Trinajstić information content (AvgIpc) is 2.68. The molecule has 0 atom stereocenters. The molecule has 1 heterocycles. The molecule has 1 aliphatic rings. The average molecular weight is 330 g/mol. The quantitative estimate of drug-likeness (QED) is 0.773. The van der Waals surface area contributed by atoms with Gasteiger partial charge in [0.05, 0.1) is 0 Å². The minimum absolute atomic E-state index is 0.172. The van der Waals surface area contributed by atoms with Crippen LogP contribution in [0.3, 0.4) is 0 Å². The van der Waals surface area contributed by atoms with Crippen molar-refractivity contribution in [3.8, 4) is 0 Å². The van der Waals surface area contributed by atoms with E-state index < -0.39 is 0 Å². The van der Waals surface area contributed by atoms with Crippen LogP contribution in [-0.2, 0) is 0 Å². The molecular weight excluding hydrogens is 311 g/mol. The Labute approximate surface area is 123 Å². The third-order valence-corrected chi connectivity index (χ3v) is 5.14. The van der Waals surface area contributed by atoms with Gasteiger partial charge in [0.15, 0.2) is 0 Å². The van der Waals surface area contributed by atoms with Gasteiger partial charge in [0.1, 0.15) is 0 Å². The molecular formula is C15H18Xe. The number of benzene rings is 1. The van der Waals surface area contributed by atoms with Crippen molar-refractivity contribution >= 4 is 5.60 Å². The van der Waals surface area contributed by atoms with E-state index in [0.717, 1.165) is 0 Å². The van der Waals surface area contributed by atoms with Gasteiger partial charge in [0.2, 0.25) is 0 Å². The van der Waals surface area contributed by atoms with Crippen molar-refractivity contribution in [3.05, 3.63) is 54.7 Å². The third-order valence-electron chi connectivity index (χ3n) is 2.22. The van der Waals surface area contributed by atoms with E-state index in [1.807, 2.05) is 26.0 Å². The molecule has 0 fully saturated rings. The van der Waals surface area contributed by atoms with Crippen LogP contribution in [0.4, 0.5) is 0 Å². The summed E-state index contributed by atoms with van der Waals surface area (Å²) in [6, 6.07) is 6.67. The molecule has 0 bridgehead atoms. The Kier molecular flexibility index (Phi) is 5.87. The second kappa shape index (κ2) is 6.68. The summed E-state index contributed by atoms with van der Waals surface area (Å²) in [6.45, 7) is 13.9. The Balaban J connectivity index is 0.000000606. The molecule has 0 nitrogen and oxygen atoms in total. The monoisotopic (exact) mass is 330 g/mol. The summed E-state index contributed by atoms with van der Waals surface area (Å²) < 4.78 is 2.86. The van der Waals surface area contributed by atoms with Gasteiger partial charge in [-0.05, 0) is 0 Å². The zero-order valence-corrected chi connectivity index (χ0v) is 12.2. The molecule has 1 aromatic rings. The van der Waals surface area contributed by atoms with E-state index in [4.69, 9.17) is 0 Å². The van der Waals surface area contributed by atoms with Crippen LogP contribution in [0.25, 0.3) is 5.57 Å². The van der Waals surface area contributed by atoms with Gasteiger partial charge in [-0.3, -0.25) is 0 Å². The fraction of sp³-hybridized carbons (Fsp3) is 0.200. The molecule has 0 saturated carbocycles. The van der Waals surface area contributed by atoms with E-state index in [1.165, 1.54) is 16.8 Å². The maximum Gasteiger partial charge on any atom is -0.0683 e. The molecule has 0 spiro atoms. The SMILES string of the molecule is C=CC1=C(C=C)c2cc(C)ccc2[Xe]1.CC.